The molecule has 66 valence electrons. The molecule has 3 atom stereocenters. The van der Waals surface area contributed by atoms with Crippen LogP contribution in [0.3, 0.4) is 0 Å². The molecule has 0 aliphatic carbocycles. The lowest BCUT2D eigenvalue weighted by Crippen LogP contribution is -2.43. The molecule has 0 heterocycles. The topological polar surface area (TPSA) is 118 Å². The van der Waals surface area contributed by atoms with Gasteiger partial charge in [0.25, 0.3) is 0 Å². The summed E-state index contributed by atoms with van der Waals surface area (Å²) < 4.78 is 0. The Hall–Kier alpha value is -0.690. The van der Waals surface area contributed by atoms with Crippen LogP contribution in [-0.2, 0) is 4.79 Å². The van der Waals surface area contributed by atoms with Crippen LogP contribution in [0, 0.1) is 0 Å². The third kappa shape index (κ3) is 2.81. The molecule has 0 aliphatic rings. The number of aliphatic hydroxyl groups is 4. The van der Waals surface area contributed by atoms with Crippen molar-refractivity contribution in [3.05, 3.63) is 0 Å². The van der Waals surface area contributed by atoms with Crippen LogP contribution in [0.5, 0.6) is 0 Å². The lowest BCUT2D eigenvalue weighted by Gasteiger charge is -2.17. The first-order chi connectivity index (χ1) is 5.00. The lowest BCUT2D eigenvalue weighted by atomic mass is 10.1. The number of carboxylic acid groups (broad SMARTS) is 1. The SMILES string of the molecule is O=C(O)[C@H](O)[C@H](O)[C@H](O)CO. The van der Waals surface area contributed by atoms with Crippen LogP contribution >= 0.6 is 0 Å². The van der Waals surface area contributed by atoms with E-state index in [9.17, 15) is 4.79 Å². The molecule has 5 N–H and O–H groups in total. The monoisotopic (exact) mass is 166 g/mol. The van der Waals surface area contributed by atoms with Crippen molar-refractivity contribution in [3.63, 3.8) is 0 Å². The van der Waals surface area contributed by atoms with Gasteiger partial charge in [0.2, 0.25) is 0 Å². The number of hydrogen-bond donors (Lipinski definition) is 5. The number of carboxylic acids is 1. The van der Waals surface area contributed by atoms with Crippen LogP contribution < -0.4 is 0 Å². The Kier molecular flexibility index (Phi) is 3.98. The predicted molar refractivity (Wildman–Crippen MR) is 32.7 cm³/mol. The van der Waals surface area contributed by atoms with Crippen molar-refractivity contribution in [1.29, 1.82) is 0 Å². The van der Waals surface area contributed by atoms with Crippen LogP contribution in [0.1, 0.15) is 0 Å². The zero-order valence-corrected chi connectivity index (χ0v) is 5.58. The standard InChI is InChI=1S/C5H10O6/c6-1-2(7)3(8)4(9)5(10)11/h2-4,6-9H,1H2,(H,10,11)/t2-,3-,4-/m1/s1. The first kappa shape index (κ1) is 10.3. The van der Waals surface area contributed by atoms with E-state index in [1.165, 1.54) is 0 Å². The third-order valence-corrected chi connectivity index (χ3v) is 1.16. The van der Waals surface area contributed by atoms with Crippen molar-refractivity contribution in [3.8, 4) is 0 Å². The minimum atomic E-state index is -2.07. The van der Waals surface area contributed by atoms with Gasteiger partial charge in [-0.3, -0.25) is 0 Å². The second kappa shape index (κ2) is 4.24. The maximum Gasteiger partial charge on any atom is 0.335 e. The molecule has 6 nitrogen and oxygen atoms in total. The lowest BCUT2D eigenvalue weighted by molar-refractivity contribution is -0.159. The molecule has 0 aromatic heterocycles. The molecule has 0 radical (unpaired) electrons. The highest BCUT2D eigenvalue weighted by Gasteiger charge is 2.29. The average Bonchev–Trinajstić information content (AvgIpc) is 2.00. The van der Waals surface area contributed by atoms with E-state index >= 15 is 0 Å². The highest BCUT2D eigenvalue weighted by atomic mass is 16.4. The molecule has 0 bridgehead atoms. The van der Waals surface area contributed by atoms with Gasteiger partial charge < -0.3 is 25.5 Å². The molecule has 11 heavy (non-hydrogen) atoms. The largest absolute Gasteiger partial charge is 0.479 e. The Bertz CT molecular complexity index is 135. The Morgan fingerprint density at radius 3 is 2.00 bits per heavy atom. The van der Waals surface area contributed by atoms with Gasteiger partial charge >= 0.3 is 5.97 Å². The van der Waals surface area contributed by atoms with Crippen LogP contribution in [-0.4, -0.2) is 56.4 Å². The summed E-state index contributed by atoms with van der Waals surface area (Å²) in [4.78, 5) is 9.96. The molecule has 0 rings (SSSR count). The maximum atomic E-state index is 9.96. The molecule has 0 saturated carbocycles. The van der Waals surface area contributed by atoms with Crippen molar-refractivity contribution in [1.82, 2.24) is 0 Å². The fourth-order valence-electron chi connectivity index (χ4n) is 0.465. The van der Waals surface area contributed by atoms with Crippen molar-refractivity contribution in [2.24, 2.45) is 0 Å². The maximum absolute atomic E-state index is 9.96. The summed E-state index contributed by atoms with van der Waals surface area (Å²) in [5.74, 6) is -1.65. The van der Waals surface area contributed by atoms with Crippen LogP contribution in [0.2, 0.25) is 0 Å². The van der Waals surface area contributed by atoms with Gasteiger partial charge in [0, 0.05) is 0 Å². The smallest absolute Gasteiger partial charge is 0.335 e. The number of rotatable bonds is 4. The fourth-order valence-corrected chi connectivity index (χ4v) is 0.465. The Balaban J connectivity index is 4.00. The summed E-state index contributed by atoms with van der Waals surface area (Å²) in [5.41, 5.74) is 0. The van der Waals surface area contributed by atoms with Gasteiger partial charge in [0.15, 0.2) is 6.10 Å². The first-order valence-corrected chi connectivity index (χ1v) is 2.88. The predicted octanol–water partition coefficient (Wildman–Crippen LogP) is -2.85. The highest BCUT2D eigenvalue weighted by molar-refractivity contribution is 5.72. The van der Waals surface area contributed by atoms with E-state index in [1.807, 2.05) is 0 Å². The Morgan fingerprint density at radius 2 is 1.73 bits per heavy atom. The molecule has 0 amide bonds. The quantitative estimate of drug-likeness (QED) is 0.306. The van der Waals surface area contributed by atoms with Gasteiger partial charge in [0.1, 0.15) is 12.2 Å². The minimum absolute atomic E-state index is 0.800. The third-order valence-electron chi connectivity index (χ3n) is 1.16. The van der Waals surface area contributed by atoms with Crippen LogP contribution in [0.15, 0.2) is 0 Å². The van der Waals surface area contributed by atoms with Crippen molar-refractivity contribution < 1.29 is 30.3 Å². The molecular formula is C5H10O6. The number of carbonyl (C=O) groups is 1. The average molecular weight is 166 g/mol. The highest BCUT2D eigenvalue weighted by Crippen LogP contribution is 1.99. The molecule has 0 fully saturated rings. The van der Waals surface area contributed by atoms with E-state index in [4.69, 9.17) is 25.5 Å². The van der Waals surface area contributed by atoms with Gasteiger partial charge in [-0.25, -0.2) is 4.79 Å². The van der Waals surface area contributed by atoms with Gasteiger partial charge in [-0.1, -0.05) is 0 Å². The van der Waals surface area contributed by atoms with E-state index in [0.29, 0.717) is 0 Å². The zero-order chi connectivity index (χ0) is 9.02. The molecule has 0 aliphatic heterocycles. The summed E-state index contributed by atoms with van der Waals surface area (Å²) >= 11 is 0. The van der Waals surface area contributed by atoms with Crippen molar-refractivity contribution in [2.45, 2.75) is 18.3 Å². The van der Waals surface area contributed by atoms with Gasteiger partial charge in [-0.2, -0.15) is 0 Å². The second-order valence-corrected chi connectivity index (χ2v) is 2.02. The van der Waals surface area contributed by atoms with Gasteiger partial charge in [0.05, 0.1) is 6.61 Å². The molecule has 0 spiro atoms. The zero-order valence-electron chi connectivity index (χ0n) is 5.58. The molecule has 0 saturated heterocycles. The molecular weight excluding hydrogens is 156 g/mol. The molecule has 0 unspecified atom stereocenters. The van der Waals surface area contributed by atoms with Gasteiger partial charge in [-0.05, 0) is 0 Å². The van der Waals surface area contributed by atoms with E-state index in [-0.39, 0.29) is 0 Å². The minimum Gasteiger partial charge on any atom is -0.479 e. The Morgan fingerprint density at radius 1 is 1.27 bits per heavy atom. The second-order valence-electron chi connectivity index (χ2n) is 2.02. The van der Waals surface area contributed by atoms with E-state index < -0.39 is 30.9 Å². The fraction of sp³-hybridized carbons (Fsp3) is 0.800. The Labute approximate surface area is 62.3 Å². The number of hydrogen-bond acceptors (Lipinski definition) is 5. The summed E-state index contributed by atoms with van der Waals surface area (Å²) in [6.07, 6.45) is -5.57. The number of aliphatic hydroxyl groups excluding tert-OH is 4. The van der Waals surface area contributed by atoms with Crippen LogP contribution in [0.4, 0.5) is 0 Å². The van der Waals surface area contributed by atoms with Crippen molar-refractivity contribution in [2.75, 3.05) is 6.61 Å². The molecule has 0 aromatic rings. The molecule has 6 heteroatoms. The summed E-state index contributed by atoms with van der Waals surface area (Å²) in [7, 11) is 0. The van der Waals surface area contributed by atoms with Crippen LogP contribution in [0.25, 0.3) is 0 Å². The summed E-state index contributed by atoms with van der Waals surface area (Å²) in [6, 6.07) is 0. The van der Waals surface area contributed by atoms with E-state index in [2.05, 4.69) is 0 Å². The van der Waals surface area contributed by atoms with Gasteiger partial charge in [-0.15, -0.1) is 0 Å². The number of aliphatic carboxylic acids is 1. The summed E-state index contributed by atoms with van der Waals surface area (Å²) in [6.45, 7) is -0.800. The van der Waals surface area contributed by atoms with Crippen molar-refractivity contribution >= 4 is 5.97 Å². The van der Waals surface area contributed by atoms with E-state index in [0.717, 1.165) is 0 Å². The summed E-state index contributed by atoms with van der Waals surface area (Å²) in [5, 5.41) is 42.2. The van der Waals surface area contributed by atoms with E-state index in [1.54, 1.807) is 0 Å². The normalized spacial score (nSPS) is 18.9. The molecule has 0 aromatic carbocycles. The first-order valence-electron chi connectivity index (χ1n) is 2.88.